The highest BCUT2D eigenvalue weighted by molar-refractivity contribution is 8.01. The molecule has 1 aromatic heterocycles. The number of rotatable bonds is 8. The van der Waals surface area contributed by atoms with Crippen LogP contribution in [0.5, 0.6) is 5.75 Å². The molecule has 252 valence electrons. The monoisotopic (exact) mass is 702 g/mol. The molecule has 0 radical (unpaired) electrons. The molecule has 0 bridgehead atoms. The van der Waals surface area contributed by atoms with Crippen LogP contribution in [0.2, 0.25) is 0 Å². The van der Waals surface area contributed by atoms with Crippen LogP contribution < -0.4 is 14.5 Å². The summed E-state index contributed by atoms with van der Waals surface area (Å²) in [5.74, 6) is -1.28. The van der Waals surface area contributed by atoms with Gasteiger partial charge in [-0.2, -0.15) is 0 Å². The zero-order valence-corrected chi connectivity index (χ0v) is 28.1. The van der Waals surface area contributed by atoms with E-state index in [9.17, 15) is 23.2 Å². The lowest BCUT2D eigenvalue weighted by Crippen LogP contribution is -2.36. The van der Waals surface area contributed by atoms with Crippen LogP contribution in [0.4, 0.5) is 20.2 Å². The van der Waals surface area contributed by atoms with Crippen molar-refractivity contribution in [2.24, 2.45) is 0 Å². The van der Waals surface area contributed by atoms with Gasteiger partial charge in [0.2, 0.25) is 11.8 Å². The molecule has 3 aromatic carbocycles. The van der Waals surface area contributed by atoms with Crippen molar-refractivity contribution in [1.29, 1.82) is 0 Å². The summed E-state index contributed by atoms with van der Waals surface area (Å²) >= 11 is 2.77. The number of hydrogen-bond acceptors (Lipinski definition) is 9. The second kappa shape index (κ2) is 14.3. The Balaban J connectivity index is 1.31. The number of morpholine rings is 1. The standard InChI is InChI=1S/C36H32F2N4O5S2/c1-22-29(41-31(43)20-48-34(41)23-4-8-25(37)9-5-23)13-12-27(33(22)42-32(44)21-49-35(42)24-6-10-26(38)11-7-24)36(45)47-30-3-2-14-39-28(30)19-40-15-17-46-18-16-40/h2-14,34-35H,15-21H2,1H3. The summed E-state index contributed by atoms with van der Waals surface area (Å²) in [5.41, 5.74) is 3.46. The number of carbonyl (C=O) groups excluding carboxylic acids is 3. The molecule has 4 aromatic rings. The first-order chi connectivity index (χ1) is 23.8. The van der Waals surface area contributed by atoms with Crippen LogP contribution in [-0.2, 0) is 20.9 Å². The fourth-order valence-corrected chi connectivity index (χ4v) is 8.62. The van der Waals surface area contributed by atoms with E-state index in [0.29, 0.717) is 53.7 Å². The van der Waals surface area contributed by atoms with Gasteiger partial charge in [-0.15, -0.1) is 23.5 Å². The first-order valence-electron chi connectivity index (χ1n) is 15.8. The van der Waals surface area contributed by atoms with Gasteiger partial charge in [0.05, 0.1) is 47.4 Å². The smallest absolute Gasteiger partial charge is 0.345 e. The van der Waals surface area contributed by atoms with E-state index in [4.69, 9.17) is 9.47 Å². The number of anilines is 2. The Morgan fingerprint density at radius 3 is 2.08 bits per heavy atom. The first kappa shape index (κ1) is 33.2. The Hall–Kier alpha value is -4.30. The van der Waals surface area contributed by atoms with Crippen molar-refractivity contribution in [1.82, 2.24) is 9.88 Å². The van der Waals surface area contributed by atoms with Gasteiger partial charge in [-0.1, -0.05) is 24.3 Å². The number of thioether (sulfide) groups is 2. The minimum absolute atomic E-state index is 0.128. The minimum atomic E-state index is -0.694. The zero-order chi connectivity index (χ0) is 34.1. The molecule has 2 atom stereocenters. The molecule has 7 rings (SSSR count). The summed E-state index contributed by atoms with van der Waals surface area (Å²) < 4.78 is 39.2. The number of hydrogen-bond donors (Lipinski definition) is 0. The van der Waals surface area contributed by atoms with Crippen LogP contribution in [0.25, 0.3) is 0 Å². The van der Waals surface area contributed by atoms with Gasteiger partial charge in [-0.3, -0.25) is 29.3 Å². The third kappa shape index (κ3) is 6.80. The Morgan fingerprint density at radius 1 is 0.857 bits per heavy atom. The van der Waals surface area contributed by atoms with Crippen LogP contribution in [0, 0.1) is 18.6 Å². The number of amides is 2. The van der Waals surface area contributed by atoms with Crippen molar-refractivity contribution < 1.29 is 32.6 Å². The Kier molecular flexibility index (Phi) is 9.68. The highest BCUT2D eigenvalue weighted by Gasteiger charge is 2.41. The zero-order valence-electron chi connectivity index (χ0n) is 26.5. The molecule has 49 heavy (non-hydrogen) atoms. The van der Waals surface area contributed by atoms with Crippen molar-refractivity contribution in [3.63, 3.8) is 0 Å². The number of esters is 1. The molecule has 0 aliphatic carbocycles. The Labute approximate surface area is 290 Å². The lowest BCUT2D eigenvalue weighted by Gasteiger charge is -2.32. The summed E-state index contributed by atoms with van der Waals surface area (Å²) in [4.78, 5) is 51.2. The largest absolute Gasteiger partial charge is 0.421 e. The average molecular weight is 703 g/mol. The highest BCUT2D eigenvalue weighted by atomic mass is 32.2. The molecule has 0 spiro atoms. The number of ether oxygens (including phenoxy) is 2. The SMILES string of the molecule is Cc1c(N2C(=O)CSC2c2ccc(F)cc2)ccc(C(=O)Oc2cccnc2CN2CCOCC2)c1N1C(=O)CSC1c1ccc(F)cc1. The van der Waals surface area contributed by atoms with Crippen molar-refractivity contribution in [3.05, 3.63) is 119 Å². The van der Waals surface area contributed by atoms with E-state index in [1.54, 1.807) is 71.5 Å². The molecule has 3 saturated heterocycles. The molecule has 2 unspecified atom stereocenters. The first-order valence-corrected chi connectivity index (χ1v) is 17.9. The molecule has 9 nitrogen and oxygen atoms in total. The van der Waals surface area contributed by atoms with Crippen LogP contribution in [0.15, 0.2) is 79.0 Å². The van der Waals surface area contributed by atoms with E-state index >= 15 is 0 Å². The molecule has 3 aliphatic rings. The number of aromatic nitrogens is 1. The van der Waals surface area contributed by atoms with Gasteiger partial charge in [-0.25, -0.2) is 13.6 Å². The van der Waals surface area contributed by atoms with E-state index in [1.807, 2.05) is 0 Å². The van der Waals surface area contributed by atoms with Crippen molar-refractivity contribution in [2.45, 2.75) is 24.2 Å². The van der Waals surface area contributed by atoms with Crippen LogP contribution in [-0.4, -0.2) is 65.5 Å². The van der Waals surface area contributed by atoms with Gasteiger partial charge in [-0.05, 0) is 72.1 Å². The number of pyridine rings is 1. The fraction of sp³-hybridized carbons (Fsp3) is 0.278. The summed E-state index contributed by atoms with van der Waals surface area (Å²) in [5, 5.41) is -1.02. The van der Waals surface area contributed by atoms with Gasteiger partial charge in [0.15, 0.2) is 5.75 Å². The quantitative estimate of drug-likeness (QED) is 0.197. The summed E-state index contributed by atoms with van der Waals surface area (Å²) in [6.07, 6.45) is 1.65. The molecule has 0 N–H and O–H groups in total. The normalized spacial score (nSPS) is 19.9. The maximum Gasteiger partial charge on any atom is 0.345 e. The third-order valence-electron chi connectivity index (χ3n) is 8.70. The van der Waals surface area contributed by atoms with Crippen LogP contribution in [0.3, 0.4) is 0 Å². The molecule has 13 heteroatoms. The summed E-state index contributed by atoms with van der Waals surface area (Å²) in [6.45, 7) is 4.89. The predicted octanol–water partition coefficient (Wildman–Crippen LogP) is 6.28. The average Bonchev–Trinajstić information content (AvgIpc) is 3.68. The minimum Gasteiger partial charge on any atom is -0.421 e. The van der Waals surface area contributed by atoms with Gasteiger partial charge >= 0.3 is 5.97 Å². The van der Waals surface area contributed by atoms with Gasteiger partial charge in [0.1, 0.15) is 22.4 Å². The van der Waals surface area contributed by atoms with Gasteiger partial charge in [0.25, 0.3) is 0 Å². The lowest BCUT2D eigenvalue weighted by molar-refractivity contribution is -0.116. The highest BCUT2D eigenvalue weighted by Crippen LogP contribution is 2.49. The second-order valence-corrected chi connectivity index (χ2v) is 13.9. The Bertz CT molecular complexity index is 1890. The summed E-state index contributed by atoms with van der Waals surface area (Å²) in [6, 6.07) is 18.6. The van der Waals surface area contributed by atoms with Crippen molar-refractivity contribution >= 4 is 52.7 Å². The number of carbonyl (C=O) groups is 3. The van der Waals surface area contributed by atoms with E-state index in [2.05, 4.69) is 9.88 Å². The Morgan fingerprint density at radius 2 is 1.45 bits per heavy atom. The fourth-order valence-electron chi connectivity index (χ4n) is 6.28. The van der Waals surface area contributed by atoms with Crippen molar-refractivity contribution in [3.8, 4) is 5.75 Å². The van der Waals surface area contributed by atoms with Gasteiger partial charge in [0, 0.05) is 25.8 Å². The van der Waals surface area contributed by atoms with Crippen molar-refractivity contribution in [2.75, 3.05) is 47.6 Å². The molecule has 3 aliphatic heterocycles. The maximum atomic E-state index is 14.2. The number of halogens is 2. The van der Waals surface area contributed by atoms with Crippen LogP contribution >= 0.6 is 23.5 Å². The molecule has 0 saturated carbocycles. The molecular weight excluding hydrogens is 671 g/mol. The van der Waals surface area contributed by atoms with E-state index < -0.39 is 22.5 Å². The van der Waals surface area contributed by atoms with E-state index in [0.717, 1.165) is 18.7 Å². The topological polar surface area (TPSA) is 92.3 Å². The maximum absolute atomic E-state index is 14.2. The molecule has 3 fully saturated rings. The third-order valence-corrected chi connectivity index (χ3v) is 11.1. The number of benzene rings is 3. The lowest BCUT2D eigenvalue weighted by atomic mass is 10.0. The molecule has 4 heterocycles. The van der Waals surface area contributed by atoms with Crippen LogP contribution in [0.1, 0.15) is 43.5 Å². The van der Waals surface area contributed by atoms with E-state index in [-0.39, 0.29) is 34.7 Å². The number of nitrogens with zero attached hydrogens (tertiary/aromatic N) is 4. The van der Waals surface area contributed by atoms with Gasteiger partial charge < -0.3 is 9.47 Å². The molecule has 2 amide bonds. The second-order valence-electron chi connectivity index (χ2n) is 11.8. The van der Waals surface area contributed by atoms with E-state index in [1.165, 1.54) is 47.8 Å². The predicted molar refractivity (Wildman–Crippen MR) is 185 cm³/mol. The summed E-state index contributed by atoms with van der Waals surface area (Å²) in [7, 11) is 0. The molecular formula is C36H32F2N4O5S2.